The molecule has 0 saturated heterocycles. The van der Waals surface area contributed by atoms with Crippen LogP contribution in [0.4, 0.5) is 0 Å². The van der Waals surface area contributed by atoms with E-state index in [2.05, 4.69) is 13.0 Å². The van der Waals surface area contributed by atoms with Crippen molar-refractivity contribution in [3.05, 3.63) is 64.0 Å². The fourth-order valence-corrected chi connectivity index (χ4v) is 2.46. The van der Waals surface area contributed by atoms with Crippen LogP contribution in [0.25, 0.3) is 5.70 Å². The van der Waals surface area contributed by atoms with Gasteiger partial charge in [0.1, 0.15) is 0 Å². The van der Waals surface area contributed by atoms with Gasteiger partial charge in [-0.3, -0.25) is 0 Å². The predicted molar refractivity (Wildman–Crippen MR) is 77.4 cm³/mol. The number of aryl methyl sites for hydroxylation is 1. The van der Waals surface area contributed by atoms with Crippen molar-refractivity contribution in [3.8, 4) is 0 Å². The van der Waals surface area contributed by atoms with Crippen molar-refractivity contribution in [3.63, 3.8) is 0 Å². The Labute approximate surface area is 111 Å². The summed E-state index contributed by atoms with van der Waals surface area (Å²) < 4.78 is 0. The average Bonchev–Trinajstić information content (AvgIpc) is 2.77. The fraction of sp³-hybridized carbons (Fsp3) is 0.143. The Morgan fingerprint density at radius 3 is 2.56 bits per heavy atom. The molecule has 0 fully saturated rings. The summed E-state index contributed by atoms with van der Waals surface area (Å²) in [5.74, 6) is 5.93. The SMILES string of the molecule is Cc1ccc(/C(N)=C/N(N)Cc2ccccc2)s1. The lowest BCUT2D eigenvalue weighted by atomic mass is 10.2. The average molecular weight is 259 g/mol. The molecule has 2 aromatic rings. The van der Waals surface area contributed by atoms with Gasteiger partial charge in [0, 0.05) is 11.1 Å². The number of benzene rings is 1. The van der Waals surface area contributed by atoms with Gasteiger partial charge in [0.25, 0.3) is 0 Å². The van der Waals surface area contributed by atoms with Gasteiger partial charge >= 0.3 is 0 Å². The van der Waals surface area contributed by atoms with Gasteiger partial charge in [-0.05, 0) is 24.6 Å². The summed E-state index contributed by atoms with van der Waals surface area (Å²) in [6.07, 6.45) is 1.78. The first-order valence-electron chi connectivity index (χ1n) is 5.74. The molecule has 0 aliphatic rings. The maximum absolute atomic E-state index is 6.01. The Bertz CT molecular complexity index is 531. The van der Waals surface area contributed by atoms with Gasteiger partial charge in [0.2, 0.25) is 0 Å². The van der Waals surface area contributed by atoms with Crippen molar-refractivity contribution in [1.82, 2.24) is 5.01 Å². The summed E-state index contributed by atoms with van der Waals surface area (Å²) in [5, 5.41) is 1.61. The van der Waals surface area contributed by atoms with Crippen molar-refractivity contribution in [1.29, 1.82) is 0 Å². The molecule has 18 heavy (non-hydrogen) atoms. The number of hydrogen-bond acceptors (Lipinski definition) is 4. The van der Waals surface area contributed by atoms with Crippen molar-refractivity contribution in [2.75, 3.05) is 0 Å². The zero-order valence-corrected chi connectivity index (χ0v) is 11.2. The van der Waals surface area contributed by atoms with Crippen LogP contribution in [-0.2, 0) is 6.54 Å². The highest BCUT2D eigenvalue weighted by atomic mass is 32.1. The van der Waals surface area contributed by atoms with Gasteiger partial charge in [-0.2, -0.15) is 0 Å². The van der Waals surface area contributed by atoms with Crippen LogP contribution >= 0.6 is 11.3 Å². The van der Waals surface area contributed by atoms with Crippen LogP contribution in [0.2, 0.25) is 0 Å². The number of rotatable bonds is 4. The Hall–Kier alpha value is -1.78. The van der Waals surface area contributed by atoms with E-state index >= 15 is 0 Å². The Morgan fingerprint density at radius 1 is 1.22 bits per heavy atom. The Morgan fingerprint density at radius 2 is 1.94 bits per heavy atom. The molecule has 0 radical (unpaired) electrons. The lowest BCUT2D eigenvalue weighted by Crippen LogP contribution is -2.25. The van der Waals surface area contributed by atoms with Crippen molar-refractivity contribution in [2.24, 2.45) is 11.6 Å². The van der Waals surface area contributed by atoms with E-state index < -0.39 is 0 Å². The highest BCUT2D eigenvalue weighted by Gasteiger charge is 2.02. The maximum atomic E-state index is 6.01. The molecule has 0 atom stereocenters. The lowest BCUT2D eigenvalue weighted by molar-refractivity contribution is 0.388. The second-order valence-corrected chi connectivity index (χ2v) is 5.44. The fourth-order valence-electron chi connectivity index (χ4n) is 1.67. The zero-order valence-electron chi connectivity index (χ0n) is 10.3. The molecule has 0 aliphatic heterocycles. The molecule has 1 aromatic carbocycles. The molecular weight excluding hydrogens is 242 g/mol. The topological polar surface area (TPSA) is 55.3 Å². The standard InChI is InChI=1S/C14H17N3S/c1-11-7-8-14(18-11)13(15)10-17(16)9-12-5-3-2-4-6-12/h2-8,10H,9,15-16H2,1H3/b13-10-. The molecule has 0 saturated carbocycles. The molecule has 0 unspecified atom stereocenters. The Kier molecular flexibility index (Phi) is 4.02. The van der Waals surface area contributed by atoms with Gasteiger partial charge in [0.05, 0.1) is 17.1 Å². The smallest absolute Gasteiger partial charge is 0.0665 e. The summed E-state index contributed by atoms with van der Waals surface area (Å²) >= 11 is 1.67. The van der Waals surface area contributed by atoms with Gasteiger partial charge < -0.3 is 10.7 Å². The quantitative estimate of drug-likeness (QED) is 0.655. The highest BCUT2D eigenvalue weighted by Crippen LogP contribution is 2.20. The van der Waals surface area contributed by atoms with Gasteiger partial charge in [-0.25, -0.2) is 5.84 Å². The number of hydrazine groups is 1. The number of thiophene rings is 1. The van der Waals surface area contributed by atoms with Crippen LogP contribution in [0.5, 0.6) is 0 Å². The van der Waals surface area contributed by atoms with E-state index in [1.807, 2.05) is 36.4 Å². The van der Waals surface area contributed by atoms with Crippen molar-refractivity contribution in [2.45, 2.75) is 13.5 Å². The molecule has 1 aromatic heterocycles. The van der Waals surface area contributed by atoms with Crippen LogP contribution in [-0.4, -0.2) is 5.01 Å². The van der Waals surface area contributed by atoms with E-state index in [4.69, 9.17) is 11.6 Å². The van der Waals surface area contributed by atoms with Crippen LogP contribution in [0.3, 0.4) is 0 Å². The molecule has 0 aliphatic carbocycles. The normalized spacial score (nSPS) is 11.6. The second kappa shape index (κ2) is 5.71. The molecular formula is C14H17N3S. The lowest BCUT2D eigenvalue weighted by Gasteiger charge is -2.14. The van der Waals surface area contributed by atoms with Gasteiger partial charge in [-0.1, -0.05) is 30.3 Å². The maximum Gasteiger partial charge on any atom is 0.0665 e. The second-order valence-electron chi connectivity index (χ2n) is 4.15. The summed E-state index contributed by atoms with van der Waals surface area (Å²) in [6, 6.07) is 14.1. The largest absolute Gasteiger partial charge is 0.396 e. The van der Waals surface area contributed by atoms with Crippen LogP contribution in [0, 0.1) is 6.92 Å². The molecule has 0 spiro atoms. The number of hydrogen-bond donors (Lipinski definition) is 2. The van der Waals surface area contributed by atoms with Crippen LogP contribution in [0.1, 0.15) is 15.3 Å². The minimum atomic E-state index is 0.645. The first-order valence-corrected chi connectivity index (χ1v) is 6.56. The van der Waals surface area contributed by atoms with Gasteiger partial charge in [0.15, 0.2) is 0 Å². The monoisotopic (exact) mass is 259 g/mol. The minimum Gasteiger partial charge on any atom is -0.396 e. The molecule has 3 nitrogen and oxygen atoms in total. The Balaban J connectivity index is 2.04. The molecule has 0 amide bonds. The third-order valence-corrected chi connectivity index (χ3v) is 3.59. The first-order chi connectivity index (χ1) is 8.65. The number of nitrogens with zero attached hydrogens (tertiary/aromatic N) is 1. The van der Waals surface area contributed by atoms with Crippen LogP contribution in [0.15, 0.2) is 48.7 Å². The van der Waals surface area contributed by atoms with E-state index in [0.717, 1.165) is 10.4 Å². The van der Waals surface area contributed by atoms with E-state index in [0.29, 0.717) is 12.2 Å². The molecule has 94 valence electrons. The van der Waals surface area contributed by atoms with E-state index in [1.165, 1.54) is 4.88 Å². The summed E-state index contributed by atoms with van der Waals surface area (Å²) in [6.45, 7) is 2.71. The predicted octanol–water partition coefficient (Wildman–Crippen LogP) is 2.69. The highest BCUT2D eigenvalue weighted by molar-refractivity contribution is 7.13. The third kappa shape index (κ3) is 3.35. The molecule has 1 heterocycles. The zero-order chi connectivity index (χ0) is 13.0. The van der Waals surface area contributed by atoms with E-state index in [-0.39, 0.29) is 0 Å². The third-order valence-electron chi connectivity index (χ3n) is 2.54. The van der Waals surface area contributed by atoms with E-state index in [9.17, 15) is 0 Å². The van der Waals surface area contributed by atoms with E-state index in [1.54, 1.807) is 22.5 Å². The summed E-state index contributed by atoms with van der Waals surface area (Å²) in [5.41, 5.74) is 7.87. The molecule has 2 rings (SSSR count). The van der Waals surface area contributed by atoms with Crippen molar-refractivity contribution < 1.29 is 0 Å². The van der Waals surface area contributed by atoms with Crippen molar-refractivity contribution >= 4 is 17.0 Å². The first kappa shape index (κ1) is 12.7. The van der Waals surface area contributed by atoms with Gasteiger partial charge in [-0.15, -0.1) is 11.3 Å². The summed E-state index contributed by atoms with van der Waals surface area (Å²) in [7, 11) is 0. The molecule has 4 heteroatoms. The van der Waals surface area contributed by atoms with Crippen LogP contribution < -0.4 is 11.6 Å². The molecule has 0 bridgehead atoms. The summed E-state index contributed by atoms with van der Waals surface area (Å²) in [4.78, 5) is 2.30. The minimum absolute atomic E-state index is 0.645. The number of nitrogens with two attached hydrogens (primary N) is 2. The molecule has 4 N–H and O–H groups in total.